The lowest BCUT2D eigenvalue weighted by Crippen LogP contribution is -2.23. The van der Waals surface area contributed by atoms with Crippen molar-refractivity contribution in [2.75, 3.05) is 13.7 Å². The molecule has 0 aliphatic rings. The summed E-state index contributed by atoms with van der Waals surface area (Å²) >= 11 is 0. The van der Waals surface area contributed by atoms with Gasteiger partial charge in [0.1, 0.15) is 5.75 Å². The Morgan fingerprint density at radius 3 is 1.77 bits per heavy atom. The monoisotopic (exact) mass is 341 g/mol. The van der Waals surface area contributed by atoms with Crippen molar-refractivity contribution < 1.29 is 4.74 Å². The van der Waals surface area contributed by atoms with Crippen molar-refractivity contribution in [1.29, 1.82) is 0 Å². The van der Waals surface area contributed by atoms with E-state index in [0.29, 0.717) is 0 Å². The predicted molar refractivity (Wildman–Crippen MR) is 107 cm³/mol. The molecule has 0 fully saturated rings. The van der Waals surface area contributed by atoms with E-state index in [4.69, 9.17) is 4.74 Å². The van der Waals surface area contributed by atoms with Crippen LogP contribution in [-0.4, -0.2) is 18.6 Å². The molecule has 0 aliphatic heterocycles. The Balaban J connectivity index is 1.69. The molecule has 0 radical (unpaired) electrons. The summed E-state index contributed by atoms with van der Waals surface area (Å²) in [5, 5.41) is 0. The molecule has 0 aliphatic carbocycles. The Bertz CT molecular complexity index is 804. The van der Waals surface area contributed by atoms with Gasteiger partial charge in [-0.25, -0.2) is 0 Å². The molecular weight excluding hydrogens is 318 g/mol. The average Bonchev–Trinajstić information content (AvgIpc) is 2.70. The van der Waals surface area contributed by atoms with Gasteiger partial charge in [-0.15, -0.1) is 0 Å². The quantitative estimate of drug-likeness (QED) is 0.600. The van der Waals surface area contributed by atoms with Crippen molar-refractivity contribution in [2.45, 2.75) is 13.1 Å². The number of rotatable bonds is 6. The zero-order chi connectivity index (χ0) is 18.0. The summed E-state index contributed by atoms with van der Waals surface area (Å²) in [5.74, 6) is 7.42. The Kier molecular flexibility index (Phi) is 6.47. The lowest BCUT2D eigenvalue weighted by atomic mass is 10.1. The number of methoxy groups -OCH3 is 1. The number of benzene rings is 3. The number of ether oxygens (including phenoxy) is 1. The minimum absolute atomic E-state index is 0.718. The van der Waals surface area contributed by atoms with E-state index in [1.54, 1.807) is 7.11 Å². The van der Waals surface area contributed by atoms with E-state index in [1.165, 1.54) is 11.1 Å². The second-order valence-corrected chi connectivity index (χ2v) is 6.15. The largest absolute Gasteiger partial charge is 0.497 e. The Hall–Kier alpha value is -3.02. The minimum Gasteiger partial charge on any atom is -0.497 e. The second-order valence-electron chi connectivity index (χ2n) is 6.15. The highest BCUT2D eigenvalue weighted by Gasteiger charge is 2.05. The molecule has 0 aromatic heterocycles. The minimum atomic E-state index is 0.718. The summed E-state index contributed by atoms with van der Waals surface area (Å²) in [6, 6.07) is 28.9. The van der Waals surface area contributed by atoms with Crippen molar-refractivity contribution in [3.8, 4) is 17.6 Å². The third-order valence-electron chi connectivity index (χ3n) is 4.12. The van der Waals surface area contributed by atoms with Crippen molar-refractivity contribution >= 4 is 0 Å². The van der Waals surface area contributed by atoms with Crippen molar-refractivity contribution in [3.63, 3.8) is 0 Å². The fraction of sp³-hybridized carbons (Fsp3) is 0.167. The van der Waals surface area contributed by atoms with Crippen LogP contribution >= 0.6 is 0 Å². The standard InChI is InChI=1S/C24H23NO/c1-26-24-16-14-21(15-17-24)13-8-18-25(19-22-9-4-2-5-10-22)20-23-11-6-3-7-12-23/h2-7,9-12,14-17H,18-20H2,1H3. The van der Waals surface area contributed by atoms with Crippen molar-refractivity contribution in [1.82, 2.24) is 4.90 Å². The first-order valence-corrected chi connectivity index (χ1v) is 8.76. The second kappa shape index (κ2) is 9.46. The molecule has 2 nitrogen and oxygen atoms in total. The molecule has 0 amide bonds. The van der Waals surface area contributed by atoms with Crippen molar-refractivity contribution in [3.05, 3.63) is 102 Å². The maximum absolute atomic E-state index is 5.19. The van der Waals surface area contributed by atoms with Gasteiger partial charge < -0.3 is 4.74 Å². The zero-order valence-electron chi connectivity index (χ0n) is 15.1. The lowest BCUT2D eigenvalue weighted by Gasteiger charge is -2.20. The molecule has 0 bridgehead atoms. The molecule has 0 N–H and O–H groups in total. The van der Waals surface area contributed by atoms with Gasteiger partial charge >= 0.3 is 0 Å². The SMILES string of the molecule is COc1ccc(C#CCN(Cc2ccccc2)Cc2ccccc2)cc1. The molecule has 130 valence electrons. The lowest BCUT2D eigenvalue weighted by molar-refractivity contribution is 0.290. The molecule has 2 heteroatoms. The van der Waals surface area contributed by atoms with Crippen LogP contribution in [0.4, 0.5) is 0 Å². The topological polar surface area (TPSA) is 12.5 Å². The molecule has 0 saturated carbocycles. The van der Waals surface area contributed by atoms with Gasteiger partial charge in [0, 0.05) is 18.7 Å². The molecule has 0 heterocycles. The highest BCUT2D eigenvalue weighted by atomic mass is 16.5. The van der Waals surface area contributed by atoms with Crippen LogP contribution in [0.25, 0.3) is 0 Å². The summed E-state index contributed by atoms with van der Waals surface area (Å²) in [6.07, 6.45) is 0. The van der Waals surface area contributed by atoms with E-state index in [9.17, 15) is 0 Å². The maximum Gasteiger partial charge on any atom is 0.118 e. The van der Waals surface area contributed by atoms with E-state index in [0.717, 1.165) is 30.9 Å². The van der Waals surface area contributed by atoms with Crippen LogP contribution < -0.4 is 4.74 Å². The van der Waals surface area contributed by atoms with Crippen LogP contribution in [0.3, 0.4) is 0 Å². The first-order valence-electron chi connectivity index (χ1n) is 8.76. The number of hydrogen-bond acceptors (Lipinski definition) is 2. The molecular formula is C24H23NO. The summed E-state index contributed by atoms with van der Waals surface area (Å²) in [5.41, 5.74) is 3.61. The Morgan fingerprint density at radius 1 is 0.731 bits per heavy atom. The van der Waals surface area contributed by atoms with E-state index in [1.807, 2.05) is 24.3 Å². The Labute approximate surface area is 156 Å². The summed E-state index contributed by atoms with van der Waals surface area (Å²) in [4.78, 5) is 2.36. The third kappa shape index (κ3) is 5.51. The average molecular weight is 341 g/mol. The van der Waals surface area contributed by atoms with Gasteiger partial charge in [0.25, 0.3) is 0 Å². The highest BCUT2D eigenvalue weighted by molar-refractivity contribution is 5.38. The van der Waals surface area contributed by atoms with E-state index >= 15 is 0 Å². The van der Waals surface area contributed by atoms with Gasteiger partial charge in [-0.3, -0.25) is 4.90 Å². The van der Waals surface area contributed by atoms with Gasteiger partial charge in [0.2, 0.25) is 0 Å². The van der Waals surface area contributed by atoms with Gasteiger partial charge in [-0.1, -0.05) is 72.5 Å². The van der Waals surface area contributed by atoms with Gasteiger partial charge in [0.15, 0.2) is 0 Å². The molecule has 3 aromatic carbocycles. The fourth-order valence-corrected chi connectivity index (χ4v) is 2.78. The maximum atomic E-state index is 5.19. The number of nitrogens with zero attached hydrogens (tertiary/aromatic N) is 1. The number of hydrogen-bond donors (Lipinski definition) is 0. The molecule has 3 rings (SSSR count). The molecule has 0 spiro atoms. The summed E-state index contributed by atoms with van der Waals surface area (Å²) < 4.78 is 5.19. The molecule has 0 atom stereocenters. The first-order chi connectivity index (χ1) is 12.8. The zero-order valence-corrected chi connectivity index (χ0v) is 15.1. The van der Waals surface area contributed by atoms with Gasteiger partial charge in [-0.05, 0) is 35.4 Å². The Morgan fingerprint density at radius 2 is 1.27 bits per heavy atom. The molecule has 0 unspecified atom stereocenters. The predicted octanol–water partition coefficient (Wildman–Crippen LogP) is 4.75. The normalized spacial score (nSPS) is 10.2. The third-order valence-corrected chi connectivity index (χ3v) is 4.12. The van der Waals surface area contributed by atoms with E-state index in [2.05, 4.69) is 77.4 Å². The first kappa shape index (κ1) is 17.8. The van der Waals surface area contributed by atoms with Gasteiger partial charge in [-0.2, -0.15) is 0 Å². The molecule has 0 saturated heterocycles. The molecule has 3 aromatic rings. The summed E-state index contributed by atoms with van der Waals surface area (Å²) in [7, 11) is 1.67. The van der Waals surface area contributed by atoms with Crippen molar-refractivity contribution in [2.24, 2.45) is 0 Å². The van der Waals surface area contributed by atoms with Crippen LogP contribution in [0.1, 0.15) is 16.7 Å². The van der Waals surface area contributed by atoms with Crippen LogP contribution in [0, 0.1) is 11.8 Å². The summed E-state index contributed by atoms with van der Waals surface area (Å²) in [6.45, 7) is 2.48. The van der Waals surface area contributed by atoms with Crippen LogP contribution in [0.15, 0.2) is 84.9 Å². The van der Waals surface area contributed by atoms with E-state index < -0.39 is 0 Å². The smallest absolute Gasteiger partial charge is 0.118 e. The fourth-order valence-electron chi connectivity index (χ4n) is 2.78. The van der Waals surface area contributed by atoms with Crippen LogP contribution in [0.2, 0.25) is 0 Å². The van der Waals surface area contributed by atoms with Crippen LogP contribution in [0.5, 0.6) is 5.75 Å². The molecule has 26 heavy (non-hydrogen) atoms. The van der Waals surface area contributed by atoms with Gasteiger partial charge in [0.05, 0.1) is 13.7 Å². The van der Waals surface area contributed by atoms with E-state index in [-0.39, 0.29) is 0 Å². The van der Waals surface area contributed by atoms with Crippen LogP contribution in [-0.2, 0) is 13.1 Å². The highest BCUT2D eigenvalue weighted by Crippen LogP contribution is 2.11.